The zero-order valence-corrected chi connectivity index (χ0v) is 14.0. The van der Waals surface area contributed by atoms with Gasteiger partial charge in [-0.05, 0) is 49.4 Å². The van der Waals surface area contributed by atoms with E-state index in [4.69, 9.17) is 0 Å². The molecule has 2 heterocycles. The van der Waals surface area contributed by atoms with E-state index in [9.17, 15) is 4.79 Å². The Hall–Kier alpha value is -0.720. The van der Waals surface area contributed by atoms with Crippen molar-refractivity contribution in [3.8, 4) is 0 Å². The Bertz CT molecular complexity index is 478. The van der Waals surface area contributed by atoms with Crippen LogP contribution in [0.4, 0.5) is 0 Å². The van der Waals surface area contributed by atoms with Crippen LogP contribution in [0.2, 0.25) is 0 Å². The van der Waals surface area contributed by atoms with Crippen LogP contribution in [-0.4, -0.2) is 54.2 Å². The third-order valence-electron chi connectivity index (χ3n) is 4.17. The van der Waals surface area contributed by atoms with Crippen LogP contribution in [0.3, 0.4) is 0 Å². The monoisotopic (exact) mass is 342 g/mol. The predicted molar refractivity (Wildman–Crippen MR) is 83.0 cm³/mol. The van der Waals surface area contributed by atoms with Crippen LogP contribution in [0.1, 0.15) is 30.3 Å². The number of hydrogen-bond acceptors (Lipinski definition) is 4. The Kier molecular flexibility index (Phi) is 4.99. The number of carbonyl (C=O) groups excluding carboxylic acids is 1. The van der Waals surface area contributed by atoms with Gasteiger partial charge in [-0.1, -0.05) is 6.92 Å². The normalized spacial score (nSPS) is 22.6. The van der Waals surface area contributed by atoms with Crippen LogP contribution in [0, 0.1) is 5.41 Å². The fourth-order valence-electron chi connectivity index (χ4n) is 2.70. The van der Waals surface area contributed by atoms with Crippen molar-refractivity contribution >= 4 is 21.7 Å². The molecular formula is C14H23BrN4O. The summed E-state index contributed by atoms with van der Waals surface area (Å²) in [6.07, 6.45) is 3.51. The summed E-state index contributed by atoms with van der Waals surface area (Å²) in [6, 6.07) is 0. The first kappa shape index (κ1) is 15.7. The van der Waals surface area contributed by atoms with E-state index >= 15 is 0 Å². The van der Waals surface area contributed by atoms with Crippen molar-refractivity contribution in [2.45, 2.75) is 26.3 Å². The number of halogens is 1. The van der Waals surface area contributed by atoms with Crippen molar-refractivity contribution in [2.24, 2.45) is 5.41 Å². The molecule has 0 aliphatic carbocycles. The van der Waals surface area contributed by atoms with E-state index in [1.807, 2.05) is 18.8 Å². The summed E-state index contributed by atoms with van der Waals surface area (Å²) in [7, 11) is 4.04. The summed E-state index contributed by atoms with van der Waals surface area (Å²) in [5, 5.41) is 7.67. The molecule has 2 rings (SSSR count). The minimum atomic E-state index is -0.265. The molecule has 0 bridgehead atoms. The number of nitrogens with one attached hydrogen (secondary N) is 1. The first-order chi connectivity index (χ1) is 9.50. The van der Waals surface area contributed by atoms with Crippen molar-refractivity contribution < 1.29 is 4.79 Å². The highest BCUT2D eigenvalue weighted by molar-refractivity contribution is 9.10. The van der Waals surface area contributed by atoms with E-state index in [2.05, 4.69) is 38.2 Å². The Morgan fingerprint density at radius 1 is 1.60 bits per heavy atom. The molecule has 6 heteroatoms. The lowest BCUT2D eigenvalue weighted by molar-refractivity contribution is 0.0796. The van der Waals surface area contributed by atoms with Crippen LogP contribution in [0.25, 0.3) is 0 Å². The molecule has 0 aromatic carbocycles. The number of nitrogens with zero attached hydrogens (tertiary/aromatic N) is 3. The van der Waals surface area contributed by atoms with Crippen molar-refractivity contribution in [3.05, 3.63) is 16.4 Å². The fourth-order valence-corrected chi connectivity index (χ4v) is 3.18. The minimum Gasteiger partial charge on any atom is -0.316 e. The number of ketones is 1. The molecule has 112 valence electrons. The van der Waals surface area contributed by atoms with E-state index < -0.39 is 0 Å². The molecule has 1 aliphatic rings. The van der Waals surface area contributed by atoms with Gasteiger partial charge in [0.1, 0.15) is 5.69 Å². The van der Waals surface area contributed by atoms with E-state index in [1.54, 1.807) is 6.20 Å². The van der Waals surface area contributed by atoms with Gasteiger partial charge in [-0.3, -0.25) is 9.48 Å². The van der Waals surface area contributed by atoms with E-state index in [-0.39, 0.29) is 11.2 Å². The predicted octanol–water partition coefficient (Wildman–Crippen LogP) is 1.78. The van der Waals surface area contributed by atoms with Crippen LogP contribution in [0.15, 0.2) is 10.7 Å². The number of hydrogen-bond donors (Lipinski definition) is 1. The molecule has 1 unspecified atom stereocenters. The first-order valence-electron chi connectivity index (χ1n) is 7.12. The lowest BCUT2D eigenvalue weighted by atomic mass is 9.78. The van der Waals surface area contributed by atoms with Gasteiger partial charge in [0.25, 0.3) is 0 Å². The Labute approximate surface area is 128 Å². The molecule has 0 radical (unpaired) electrons. The Morgan fingerprint density at radius 3 is 2.90 bits per heavy atom. The average molecular weight is 343 g/mol. The van der Waals surface area contributed by atoms with Gasteiger partial charge in [0, 0.05) is 18.5 Å². The summed E-state index contributed by atoms with van der Waals surface area (Å²) in [6.45, 7) is 5.38. The minimum absolute atomic E-state index is 0.216. The summed E-state index contributed by atoms with van der Waals surface area (Å²) in [5.41, 5.74) is 0.454. The molecule has 1 aromatic heterocycles. The second-order valence-corrected chi connectivity index (χ2v) is 6.61. The first-order valence-corrected chi connectivity index (χ1v) is 7.91. The van der Waals surface area contributed by atoms with Gasteiger partial charge in [-0.2, -0.15) is 5.10 Å². The maximum absolute atomic E-state index is 13.0. The average Bonchev–Trinajstić information content (AvgIpc) is 3.03. The van der Waals surface area contributed by atoms with Gasteiger partial charge in [0.15, 0.2) is 5.78 Å². The van der Waals surface area contributed by atoms with Gasteiger partial charge in [0.2, 0.25) is 0 Å². The van der Waals surface area contributed by atoms with E-state index in [0.717, 1.165) is 49.2 Å². The topological polar surface area (TPSA) is 50.2 Å². The number of likely N-dealkylation sites (N-methyl/N-ethyl adjacent to an activating group) is 1. The molecule has 0 spiro atoms. The van der Waals surface area contributed by atoms with Crippen LogP contribution < -0.4 is 5.32 Å². The van der Waals surface area contributed by atoms with Crippen molar-refractivity contribution in [2.75, 3.05) is 33.7 Å². The molecule has 5 nitrogen and oxygen atoms in total. The van der Waals surface area contributed by atoms with Gasteiger partial charge in [-0.15, -0.1) is 0 Å². The molecule has 0 saturated carbocycles. The summed E-state index contributed by atoms with van der Waals surface area (Å²) in [4.78, 5) is 15.1. The number of Topliss-reactive ketones (excluding diaryl/α,β-unsaturated/α-hetero) is 1. The highest BCUT2D eigenvalue weighted by Gasteiger charge is 2.42. The van der Waals surface area contributed by atoms with Crippen molar-refractivity contribution in [3.63, 3.8) is 0 Å². The largest absolute Gasteiger partial charge is 0.316 e. The lowest BCUT2D eigenvalue weighted by Gasteiger charge is -2.25. The maximum Gasteiger partial charge on any atom is 0.189 e. The third-order valence-corrected chi connectivity index (χ3v) is 4.75. The number of rotatable bonds is 6. The van der Waals surface area contributed by atoms with Gasteiger partial charge >= 0.3 is 0 Å². The molecular weight excluding hydrogens is 320 g/mol. The molecule has 1 saturated heterocycles. The van der Waals surface area contributed by atoms with Gasteiger partial charge in [-0.25, -0.2) is 0 Å². The van der Waals surface area contributed by atoms with Crippen LogP contribution >= 0.6 is 15.9 Å². The molecule has 1 N–H and O–H groups in total. The van der Waals surface area contributed by atoms with E-state index in [0.29, 0.717) is 0 Å². The highest BCUT2D eigenvalue weighted by atomic mass is 79.9. The van der Waals surface area contributed by atoms with E-state index in [1.165, 1.54) is 0 Å². The molecule has 1 aliphatic heterocycles. The fraction of sp³-hybridized carbons (Fsp3) is 0.714. The summed E-state index contributed by atoms with van der Waals surface area (Å²) >= 11 is 3.49. The number of carbonyl (C=O) groups is 1. The summed E-state index contributed by atoms with van der Waals surface area (Å²) < 4.78 is 2.64. The Morgan fingerprint density at radius 2 is 2.35 bits per heavy atom. The van der Waals surface area contributed by atoms with Crippen molar-refractivity contribution in [1.82, 2.24) is 20.0 Å². The second kappa shape index (κ2) is 6.37. The van der Waals surface area contributed by atoms with Gasteiger partial charge < -0.3 is 10.2 Å². The molecule has 1 aromatic rings. The second-order valence-electron chi connectivity index (χ2n) is 5.76. The third kappa shape index (κ3) is 2.97. The number of aromatic nitrogens is 2. The highest BCUT2D eigenvalue weighted by Crippen LogP contribution is 2.35. The van der Waals surface area contributed by atoms with Gasteiger partial charge in [0.05, 0.1) is 17.2 Å². The summed E-state index contributed by atoms with van der Waals surface area (Å²) in [5.74, 6) is 0.216. The zero-order valence-electron chi connectivity index (χ0n) is 12.4. The Balaban J connectivity index is 2.27. The van der Waals surface area contributed by atoms with Crippen molar-refractivity contribution in [1.29, 1.82) is 0 Å². The SMILES string of the molecule is CCC1(C(=O)c2c(Br)cnn2CCN(C)C)CCNC1. The van der Waals surface area contributed by atoms with Crippen LogP contribution in [-0.2, 0) is 6.54 Å². The molecule has 1 atom stereocenters. The smallest absolute Gasteiger partial charge is 0.189 e. The molecule has 0 amide bonds. The molecule has 20 heavy (non-hydrogen) atoms. The quantitative estimate of drug-likeness (QED) is 0.800. The maximum atomic E-state index is 13.0. The molecule has 1 fully saturated rings. The lowest BCUT2D eigenvalue weighted by Crippen LogP contribution is -2.35. The van der Waals surface area contributed by atoms with Crippen LogP contribution in [0.5, 0.6) is 0 Å². The standard InChI is InChI=1S/C14H23BrN4O/c1-4-14(5-6-16-10-14)13(20)12-11(15)9-17-19(12)8-7-18(2)3/h9,16H,4-8,10H2,1-3H3. The zero-order chi connectivity index (χ0) is 14.8.